The highest BCUT2D eigenvalue weighted by Gasteiger charge is 2.48. The van der Waals surface area contributed by atoms with Gasteiger partial charge in [-0.25, -0.2) is 4.98 Å². The number of aromatic nitrogens is 1. The fourth-order valence-corrected chi connectivity index (χ4v) is 5.75. The van der Waals surface area contributed by atoms with E-state index in [1.54, 1.807) is 42.5 Å². The average Bonchev–Trinajstić information content (AvgIpc) is 3.53. The van der Waals surface area contributed by atoms with E-state index in [-0.39, 0.29) is 11.3 Å². The molecular weight excluding hydrogens is 544 g/mol. The number of anilines is 1. The number of ether oxygens (including phenoxy) is 4. The second-order valence-corrected chi connectivity index (χ2v) is 10.2. The molecule has 1 unspecified atom stereocenters. The van der Waals surface area contributed by atoms with Crippen LogP contribution in [0.2, 0.25) is 0 Å². The first-order valence-electron chi connectivity index (χ1n) is 13.2. The van der Waals surface area contributed by atoms with Gasteiger partial charge in [0.1, 0.15) is 17.3 Å². The van der Waals surface area contributed by atoms with Crippen LogP contribution in [0.3, 0.4) is 0 Å². The fourth-order valence-electron chi connectivity index (χ4n) is 4.73. The predicted molar refractivity (Wildman–Crippen MR) is 157 cm³/mol. The standard InChI is InChI=1S/C31H30N2O7S/c1-5-14-40-20-9-7-8-19(15-20)28(34)26-27(18-10-13-23(37-3)24(16-18)38-4)33(30(36)29(26)35)31-32-22-12-11-21(39-6-2)17-25(22)41-31/h7-13,15-17,27,34H,5-6,14H2,1-4H3. The molecule has 4 aromatic rings. The number of aliphatic hydroxyl groups is 1. The van der Waals surface area contributed by atoms with E-state index < -0.39 is 17.7 Å². The van der Waals surface area contributed by atoms with E-state index in [1.807, 2.05) is 32.0 Å². The number of carbonyl (C=O) groups excluding carboxylic acids is 2. The molecule has 1 fully saturated rings. The van der Waals surface area contributed by atoms with Crippen LogP contribution in [0.15, 0.2) is 66.2 Å². The molecule has 0 bridgehead atoms. The van der Waals surface area contributed by atoms with E-state index in [2.05, 4.69) is 4.98 Å². The first-order valence-corrected chi connectivity index (χ1v) is 14.0. The normalized spacial score (nSPS) is 16.3. The molecule has 41 heavy (non-hydrogen) atoms. The van der Waals surface area contributed by atoms with Crippen molar-refractivity contribution >= 4 is 44.1 Å². The van der Waals surface area contributed by atoms with Gasteiger partial charge in [0, 0.05) is 5.56 Å². The number of fused-ring (bicyclic) bond motifs is 1. The van der Waals surface area contributed by atoms with Gasteiger partial charge in [-0.05, 0) is 61.4 Å². The van der Waals surface area contributed by atoms with Gasteiger partial charge in [0.05, 0.1) is 49.3 Å². The molecule has 2 heterocycles. The van der Waals surface area contributed by atoms with E-state index in [9.17, 15) is 14.7 Å². The van der Waals surface area contributed by atoms with Crippen LogP contribution in [0, 0.1) is 0 Å². The number of carbonyl (C=O) groups is 2. The van der Waals surface area contributed by atoms with E-state index >= 15 is 0 Å². The largest absolute Gasteiger partial charge is 0.507 e. The number of benzene rings is 3. The molecule has 1 aliphatic rings. The van der Waals surface area contributed by atoms with Crippen LogP contribution in [0.4, 0.5) is 5.13 Å². The van der Waals surface area contributed by atoms with Gasteiger partial charge in [-0.15, -0.1) is 0 Å². The molecule has 1 atom stereocenters. The van der Waals surface area contributed by atoms with Crippen LogP contribution in [-0.4, -0.2) is 49.2 Å². The highest BCUT2D eigenvalue weighted by Crippen LogP contribution is 2.46. The van der Waals surface area contributed by atoms with Gasteiger partial charge in [-0.1, -0.05) is 36.5 Å². The van der Waals surface area contributed by atoms with Crippen molar-refractivity contribution in [1.29, 1.82) is 0 Å². The summed E-state index contributed by atoms with van der Waals surface area (Å²) in [5.41, 5.74) is 1.48. The number of nitrogens with zero attached hydrogens (tertiary/aromatic N) is 2. The second kappa shape index (κ2) is 11.9. The summed E-state index contributed by atoms with van der Waals surface area (Å²) in [7, 11) is 3.03. The SMILES string of the molecule is CCCOc1cccc(C(O)=C2C(=O)C(=O)N(c3nc4ccc(OCC)cc4s3)C2c2ccc(OC)c(OC)c2)c1. The maximum absolute atomic E-state index is 13.7. The second-order valence-electron chi connectivity index (χ2n) is 9.22. The van der Waals surface area contributed by atoms with Crippen molar-refractivity contribution in [3.05, 3.63) is 77.4 Å². The van der Waals surface area contributed by atoms with Crippen molar-refractivity contribution in [2.45, 2.75) is 26.3 Å². The molecule has 1 saturated heterocycles. The Bertz CT molecular complexity index is 1640. The lowest BCUT2D eigenvalue weighted by atomic mass is 9.95. The zero-order valence-electron chi connectivity index (χ0n) is 23.2. The van der Waals surface area contributed by atoms with Crippen LogP contribution in [0.25, 0.3) is 16.0 Å². The minimum Gasteiger partial charge on any atom is -0.507 e. The highest BCUT2D eigenvalue weighted by molar-refractivity contribution is 7.22. The highest BCUT2D eigenvalue weighted by atomic mass is 32.1. The molecule has 3 aromatic carbocycles. The van der Waals surface area contributed by atoms with Crippen molar-refractivity contribution in [2.75, 3.05) is 32.3 Å². The molecular formula is C31H30N2O7S. The Hall–Kier alpha value is -4.57. The summed E-state index contributed by atoms with van der Waals surface area (Å²) in [6.45, 7) is 4.91. The minimum absolute atomic E-state index is 0.0656. The molecule has 1 aromatic heterocycles. The zero-order chi connectivity index (χ0) is 29.1. The van der Waals surface area contributed by atoms with Crippen molar-refractivity contribution in [1.82, 2.24) is 4.98 Å². The predicted octanol–water partition coefficient (Wildman–Crippen LogP) is 6.13. The Morgan fingerprint density at radius 1 is 0.951 bits per heavy atom. The quantitative estimate of drug-likeness (QED) is 0.137. The molecule has 1 N–H and O–H groups in total. The van der Waals surface area contributed by atoms with Crippen LogP contribution < -0.4 is 23.8 Å². The number of rotatable bonds is 10. The molecule has 212 valence electrons. The lowest BCUT2D eigenvalue weighted by Gasteiger charge is -2.23. The van der Waals surface area contributed by atoms with Crippen LogP contribution >= 0.6 is 11.3 Å². The van der Waals surface area contributed by atoms with Crippen LogP contribution in [0.5, 0.6) is 23.0 Å². The Balaban J connectivity index is 1.69. The van der Waals surface area contributed by atoms with Gasteiger partial charge >= 0.3 is 5.91 Å². The van der Waals surface area contributed by atoms with Gasteiger partial charge in [0.25, 0.3) is 5.78 Å². The number of amides is 1. The third-order valence-electron chi connectivity index (χ3n) is 6.61. The number of Topliss-reactive ketones (excluding diaryl/α,β-unsaturated/α-hetero) is 1. The van der Waals surface area contributed by atoms with E-state index in [4.69, 9.17) is 18.9 Å². The molecule has 1 amide bonds. The van der Waals surface area contributed by atoms with Gasteiger partial charge in [-0.2, -0.15) is 0 Å². The molecule has 0 radical (unpaired) electrons. The Labute approximate surface area is 241 Å². The summed E-state index contributed by atoms with van der Waals surface area (Å²) in [6.07, 6.45) is 0.814. The van der Waals surface area contributed by atoms with E-state index in [0.29, 0.717) is 58.0 Å². The smallest absolute Gasteiger partial charge is 0.301 e. The Morgan fingerprint density at radius 2 is 1.73 bits per heavy atom. The molecule has 5 rings (SSSR count). The first-order chi connectivity index (χ1) is 19.9. The summed E-state index contributed by atoms with van der Waals surface area (Å²) < 4.78 is 23.1. The lowest BCUT2D eigenvalue weighted by Crippen LogP contribution is -2.29. The van der Waals surface area contributed by atoms with Crippen molar-refractivity contribution in [2.24, 2.45) is 0 Å². The summed E-state index contributed by atoms with van der Waals surface area (Å²) in [6, 6.07) is 16.4. The van der Waals surface area contributed by atoms with Crippen molar-refractivity contribution < 1.29 is 33.6 Å². The van der Waals surface area contributed by atoms with Gasteiger partial charge in [-0.3, -0.25) is 14.5 Å². The lowest BCUT2D eigenvalue weighted by molar-refractivity contribution is -0.132. The zero-order valence-corrected chi connectivity index (χ0v) is 24.0. The van der Waals surface area contributed by atoms with Crippen molar-refractivity contribution in [3.63, 3.8) is 0 Å². The minimum atomic E-state index is -0.984. The maximum Gasteiger partial charge on any atom is 0.301 e. The number of hydrogen-bond donors (Lipinski definition) is 1. The van der Waals surface area contributed by atoms with E-state index in [0.717, 1.165) is 11.1 Å². The number of hydrogen-bond acceptors (Lipinski definition) is 9. The summed E-state index contributed by atoms with van der Waals surface area (Å²) in [4.78, 5) is 33.3. The topological polar surface area (TPSA) is 107 Å². The molecule has 9 nitrogen and oxygen atoms in total. The average molecular weight is 575 g/mol. The molecule has 0 spiro atoms. The number of ketones is 1. The molecule has 1 aliphatic heterocycles. The third-order valence-corrected chi connectivity index (χ3v) is 7.63. The summed E-state index contributed by atoms with van der Waals surface area (Å²) in [5, 5.41) is 11.9. The van der Waals surface area contributed by atoms with Gasteiger partial charge < -0.3 is 24.1 Å². The first kappa shape index (κ1) is 28.0. The molecule has 10 heteroatoms. The monoisotopic (exact) mass is 574 g/mol. The number of methoxy groups -OCH3 is 2. The maximum atomic E-state index is 13.7. The van der Waals surface area contributed by atoms with Gasteiger partial charge in [0.15, 0.2) is 16.6 Å². The third kappa shape index (κ3) is 5.30. The molecule has 0 saturated carbocycles. The van der Waals surface area contributed by atoms with Crippen molar-refractivity contribution in [3.8, 4) is 23.0 Å². The summed E-state index contributed by atoms with van der Waals surface area (Å²) >= 11 is 1.26. The van der Waals surface area contributed by atoms with Crippen LogP contribution in [0.1, 0.15) is 37.4 Å². The van der Waals surface area contributed by atoms with E-state index in [1.165, 1.54) is 30.5 Å². The van der Waals surface area contributed by atoms with Gasteiger partial charge in [0.2, 0.25) is 0 Å². The van der Waals surface area contributed by atoms with Crippen LogP contribution in [-0.2, 0) is 9.59 Å². The summed E-state index contributed by atoms with van der Waals surface area (Å²) in [5.74, 6) is 0.189. The Morgan fingerprint density at radius 3 is 2.46 bits per heavy atom. The number of thiazole rings is 1. The Kier molecular flexibility index (Phi) is 8.11. The number of aliphatic hydroxyl groups excluding tert-OH is 1. The fraction of sp³-hybridized carbons (Fsp3) is 0.258. The molecule has 0 aliphatic carbocycles.